The third-order valence-electron chi connectivity index (χ3n) is 2.26. The van der Waals surface area contributed by atoms with Crippen LogP contribution in [0.25, 0.3) is 0 Å². The van der Waals surface area contributed by atoms with Crippen LogP contribution >= 0.6 is 0 Å². The fourth-order valence-corrected chi connectivity index (χ4v) is 1.35. The van der Waals surface area contributed by atoms with Crippen LogP contribution in [0.5, 0.6) is 0 Å². The Labute approximate surface area is 82.5 Å². The lowest BCUT2D eigenvalue weighted by Gasteiger charge is -2.03. The van der Waals surface area contributed by atoms with E-state index in [0.717, 1.165) is 18.4 Å². The first kappa shape index (κ1) is 9.27. The van der Waals surface area contributed by atoms with Crippen LogP contribution in [0, 0.1) is 0 Å². The maximum absolute atomic E-state index is 11.4. The SMILES string of the molecule is O=C(Cn1ccc(CO)c1)NC1CC1. The minimum atomic E-state index is 0.0250. The zero-order valence-electron chi connectivity index (χ0n) is 7.94. The van der Waals surface area contributed by atoms with Crippen molar-refractivity contribution in [3.8, 4) is 0 Å². The first-order valence-corrected chi connectivity index (χ1v) is 4.83. The highest BCUT2D eigenvalue weighted by Gasteiger charge is 2.22. The summed E-state index contributed by atoms with van der Waals surface area (Å²) in [5.41, 5.74) is 0.837. The monoisotopic (exact) mass is 194 g/mol. The molecule has 0 aromatic carbocycles. The highest BCUT2D eigenvalue weighted by atomic mass is 16.3. The third-order valence-corrected chi connectivity index (χ3v) is 2.26. The molecule has 1 aromatic heterocycles. The first-order chi connectivity index (χ1) is 6.78. The van der Waals surface area contributed by atoms with Crippen LogP contribution in [0.1, 0.15) is 18.4 Å². The number of aliphatic hydroxyl groups is 1. The highest BCUT2D eigenvalue weighted by Crippen LogP contribution is 2.18. The number of hydrogen-bond acceptors (Lipinski definition) is 2. The normalized spacial score (nSPS) is 15.5. The third kappa shape index (κ3) is 2.35. The summed E-state index contributed by atoms with van der Waals surface area (Å²) >= 11 is 0. The number of carbonyl (C=O) groups excluding carboxylic acids is 1. The Bertz CT molecular complexity index is 329. The predicted molar refractivity (Wildman–Crippen MR) is 51.5 cm³/mol. The summed E-state index contributed by atoms with van der Waals surface area (Å²) in [6.45, 7) is 0.369. The number of amides is 1. The van der Waals surface area contributed by atoms with Crippen molar-refractivity contribution in [2.45, 2.75) is 32.0 Å². The average Bonchev–Trinajstić information content (AvgIpc) is 2.83. The van der Waals surface area contributed by atoms with Crippen LogP contribution in [0.4, 0.5) is 0 Å². The Hall–Kier alpha value is -1.29. The van der Waals surface area contributed by atoms with Gasteiger partial charge in [-0.25, -0.2) is 0 Å². The largest absolute Gasteiger partial charge is 0.392 e. The molecule has 1 amide bonds. The van der Waals surface area contributed by atoms with E-state index in [1.807, 2.05) is 6.07 Å². The second kappa shape index (κ2) is 3.84. The molecule has 1 aliphatic rings. The number of carbonyl (C=O) groups is 1. The molecule has 1 saturated carbocycles. The molecule has 0 unspecified atom stereocenters. The Morgan fingerprint density at radius 1 is 1.64 bits per heavy atom. The van der Waals surface area contributed by atoms with E-state index in [1.165, 1.54) is 0 Å². The van der Waals surface area contributed by atoms with E-state index in [-0.39, 0.29) is 12.5 Å². The smallest absolute Gasteiger partial charge is 0.240 e. The lowest BCUT2D eigenvalue weighted by atomic mass is 10.4. The van der Waals surface area contributed by atoms with Gasteiger partial charge in [-0.1, -0.05) is 0 Å². The minimum absolute atomic E-state index is 0.0250. The molecule has 76 valence electrons. The zero-order valence-corrected chi connectivity index (χ0v) is 7.94. The summed E-state index contributed by atoms with van der Waals surface area (Å²) in [6.07, 6.45) is 5.81. The topological polar surface area (TPSA) is 54.3 Å². The van der Waals surface area contributed by atoms with Gasteiger partial charge < -0.3 is 15.0 Å². The second-order valence-corrected chi connectivity index (χ2v) is 3.69. The molecule has 0 atom stereocenters. The van der Waals surface area contributed by atoms with Crippen molar-refractivity contribution in [3.63, 3.8) is 0 Å². The average molecular weight is 194 g/mol. The van der Waals surface area contributed by atoms with Gasteiger partial charge in [-0.2, -0.15) is 0 Å². The molecule has 4 heteroatoms. The Morgan fingerprint density at radius 2 is 2.43 bits per heavy atom. The van der Waals surface area contributed by atoms with Gasteiger partial charge in [0.1, 0.15) is 6.54 Å². The molecule has 14 heavy (non-hydrogen) atoms. The van der Waals surface area contributed by atoms with Crippen LogP contribution < -0.4 is 5.32 Å². The summed E-state index contributed by atoms with van der Waals surface area (Å²) in [6, 6.07) is 2.22. The van der Waals surface area contributed by atoms with Crippen LogP contribution in [-0.2, 0) is 17.9 Å². The lowest BCUT2D eigenvalue weighted by Crippen LogP contribution is -2.28. The van der Waals surface area contributed by atoms with Gasteiger partial charge in [0.25, 0.3) is 0 Å². The van der Waals surface area contributed by atoms with E-state index in [9.17, 15) is 4.79 Å². The molecular weight excluding hydrogens is 180 g/mol. The summed E-state index contributed by atoms with van der Waals surface area (Å²) in [7, 11) is 0. The Morgan fingerprint density at radius 3 is 3.00 bits per heavy atom. The Kier molecular flexibility index (Phi) is 2.54. The van der Waals surface area contributed by atoms with Gasteiger partial charge in [0, 0.05) is 18.4 Å². The lowest BCUT2D eigenvalue weighted by molar-refractivity contribution is -0.121. The molecule has 2 rings (SSSR count). The van der Waals surface area contributed by atoms with Crippen molar-refractivity contribution in [1.29, 1.82) is 0 Å². The molecule has 0 saturated heterocycles. The number of nitrogens with one attached hydrogen (secondary N) is 1. The van der Waals surface area contributed by atoms with Crippen molar-refractivity contribution < 1.29 is 9.90 Å². The number of nitrogens with zero attached hydrogens (tertiary/aromatic N) is 1. The highest BCUT2D eigenvalue weighted by molar-refractivity contribution is 5.76. The summed E-state index contributed by atoms with van der Waals surface area (Å²) in [5, 5.41) is 11.7. The van der Waals surface area contributed by atoms with Gasteiger partial charge in [0.15, 0.2) is 0 Å². The zero-order chi connectivity index (χ0) is 9.97. The fraction of sp³-hybridized carbons (Fsp3) is 0.500. The van der Waals surface area contributed by atoms with Gasteiger partial charge in [0.05, 0.1) is 6.61 Å². The van der Waals surface area contributed by atoms with Crippen molar-refractivity contribution in [2.24, 2.45) is 0 Å². The van der Waals surface area contributed by atoms with E-state index in [1.54, 1.807) is 17.0 Å². The molecule has 0 radical (unpaired) electrons. The molecule has 1 aliphatic carbocycles. The number of aromatic nitrogens is 1. The second-order valence-electron chi connectivity index (χ2n) is 3.69. The molecule has 1 aromatic rings. The van der Waals surface area contributed by atoms with Crippen molar-refractivity contribution >= 4 is 5.91 Å². The van der Waals surface area contributed by atoms with Crippen LogP contribution in [0.3, 0.4) is 0 Å². The number of aliphatic hydroxyl groups excluding tert-OH is 1. The van der Waals surface area contributed by atoms with Gasteiger partial charge in [0.2, 0.25) is 5.91 Å². The standard InChI is InChI=1S/C10H14N2O2/c13-7-8-3-4-12(5-8)6-10(14)11-9-1-2-9/h3-5,9,13H,1-2,6-7H2,(H,11,14). The van der Waals surface area contributed by atoms with Gasteiger partial charge in [-0.15, -0.1) is 0 Å². The molecule has 1 heterocycles. The molecule has 4 nitrogen and oxygen atoms in total. The van der Waals surface area contributed by atoms with E-state index in [4.69, 9.17) is 5.11 Å². The summed E-state index contributed by atoms with van der Waals surface area (Å²) in [4.78, 5) is 11.4. The molecule has 1 fully saturated rings. The van der Waals surface area contributed by atoms with Crippen LogP contribution in [0.2, 0.25) is 0 Å². The van der Waals surface area contributed by atoms with Crippen LogP contribution in [0.15, 0.2) is 18.5 Å². The quantitative estimate of drug-likeness (QED) is 0.722. The predicted octanol–water partition coefficient (Wildman–Crippen LogP) is 0.259. The molecule has 0 spiro atoms. The molecule has 0 bridgehead atoms. The van der Waals surface area contributed by atoms with Gasteiger partial charge in [-0.3, -0.25) is 4.79 Å². The van der Waals surface area contributed by atoms with Crippen LogP contribution in [-0.4, -0.2) is 21.6 Å². The maximum atomic E-state index is 11.4. The van der Waals surface area contributed by atoms with E-state index < -0.39 is 0 Å². The molecular formula is C10H14N2O2. The van der Waals surface area contributed by atoms with Gasteiger partial charge in [-0.05, 0) is 24.5 Å². The maximum Gasteiger partial charge on any atom is 0.240 e. The van der Waals surface area contributed by atoms with E-state index in [0.29, 0.717) is 12.6 Å². The van der Waals surface area contributed by atoms with E-state index in [2.05, 4.69) is 5.32 Å². The van der Waals surface area contributed by atoms with Crippen molar-refractivity contribution in [3.05, 3.63) is 24.0 Å². The first-order valence-electron chi connectivity index (χ1n) is 4.83. The van der Waals surface area contributed by atoms with Crippen molar-refractivity contribution in [1.82, 2.24) is 9.88 Å². The molecule has 2 N–H and O–H groups in total. The van der Waals surface area contributed by atoms with Gasteiger partial charge >= 0.3 is 0 Å². The Balaban J connectivity index is 1.85. The molecule has 0 aliphatic heterocycles. The summed E-state index contributed by atoms with van der Waals surface area (Å²) in [5.74, 6) is 0.0487. The fourth-order valence-electron chi connectivity index (χ4n) is 1.35. The number of hydrogen-bond donors (Lipinski definition) is 2. The summed E-state index contributed by atoms with van der Waals surface area (Å²) < 4.78 is 1.78. The number of rotatable bonds is 4. The minimum Gasteiger partial charge on any atom is -0.392 e. The van der Waals surface area contributed by atoms with Crippen molar-refractivity contribution in [2.75, 3.05) is 0 Å². The van der Waals surface area contributed by atoms with E-state index >= 15 is 0 Å².